The van der Waals surface area contributed by atoms with Gasteiger partial charge in [-0.2, -0.15) is 0 Å². The highest BCUT2D eigenvalue weighted by Gasteiger charge is 2.35. The Balaban J connectivity index is 2.21. The van der Waals surface area contributed by atoms with Crippen LogP contribution < -0.4 is 0 Å². The van der Waals surface area contributed by atoms with E-state index in [4.69, 9.17) is 0 Å². The van der Waals surface area contributed by atoms with Gasteiger partial charge in [0.2, 0.25) is 11.8 Å². The third-order valence-corrected chi connectivity index (χ3v) is 3.60. The van der Waals surface area contributed by atoms with Gasteiger partial charge in [0.15, 0.2) is 0 Å². The van der Waals surface area contributed by atoms with Gasteiger partial charge in [0.25, 0.3) is 0 Å². The summed E-state index contributed by atoms with van der Waals surface area (Å²) >= 11 is 3.39. The van der Waals surface area contributed by atoms with Crippen LogP contribution in [-0.4, -0.2) is 16.7 Å². The third-order valence-electron chi connectivity index (χ3n) is 3.10. The van der Waals surface area contributed by atoms with Crippen LogP contribution in [0, 0.1) is 12.8 Å². The second kappa shape index (κ2) is 4.61. The number of nitrogens with zero attached hydrogens (tertiary/aromatic N) is 1. The van der Waals surface area contributed by atoms with E-state index in [0.717, 1.165) is 15.6 Å². The summed E-state index contributed by atoms with van der Waals surface area (Å²) in [6.45, 7) is 4.17. The first kappa shape index (κ1) is 12.3. The van der Waals surface area contributed by atoms with Gasteiger partial charge in [-0.25, -0.2) is 0 Å². The lowest BCUT2D eigenvalue weighted by Crippen LogP contribution is -2.29. The molecule has 1 atom stereocenters. The Morgan fingerprint density at radius 2 is 2.12 bits per heavy atom. The third kappa shape index (κ3) is 2.41. The van der Waals surface area contributed by atoms with Crippen molar-refractivity contribution in [2.24, 2.45) is 5.92 Å². The molecule has 1 aliphatic rings. The van der Waals surface area contributed by atoms with Crippen molar-refractivity contribution in [3.8, 4) is 0 Å². The van der Waals surface area contributed by atoms with Gasteiger partial charge in [-0.05, 0) is 30.2 Å². The van der Waals surface area contributed by atoms with Crippen molar-refractivity contribution in [2.75, 3.05) is 0 Å². The molecule has 0 aliphatic carbocycles. The highest BCUT2D eigenvalue weighted by Crippen LogP contribution is 2.23. The smallest absolute Gasteiger partial charge is 0.232 e. The van der Waals surface area contributed by atoms with E-state index in [0.29, 0.717) is 13.0 Å². The number of carbonyl (C=O) groups excluding carboxylic acids is 2. The van der Waals surface area contributed by atoms with Crippen LogP contribution in [0.1, 0.15) is 24.5 Å². The Kier molecular flexibility index (Phi) is 3.33. The van der Waals surface area contributed by atoms with Crippen molar-refractivity contribution in [3.63, 3.8) is 0 Å². The van der Waals surface area contributed by atoms with Gasteiger partial charge in [0, 0.05) is 16.8 Å². The molecule has 2 rings (SSSR count). The molecule has 0 N–H and O–H groups in total. The number of aryl methyl sites for hydroxylation is 1. The predicted molar refractivity (Wildman–Crippen MR) is 68.2 cm³/mol. The molecule has 1 fully saturated rings. The molecule has 90 valence electrons. The maximum atomic E-state index is 11.8. The van der Waals surface area contributed by atoms with Gasteiger partial charge < -0.3 is 0 Å². The molecule has 1 aromatic carbocycles. The second-order valence-corrected chi connectivity index (χ2v) is 5.41. The van der Waals surface area contributed by atoms with Crippen molar-refractivity contribution in [1.29, 1.82) is 0 Å². The van der Waals surface area contributed by atoms with Gasteiger partial charge in [0.05, 0.1) is 6.54 Å². The van der Waals surface area contributed by atoms with Crippen molar-refractivity contribution >= 4 is 27.7 Å². The first-order valence-corrected chi connectivity index (χ1v) is 6.37. The van der Waals surface area contributed by atoms with Crippen molar-refractivity contribution < 1.29 is 9.59 Å². The summed E-state index contributed by atoms with van der Waals surface area (Å²) in [5, 5.41) is 0. The van der Waals surface area contributed by atoms with Crippen molar-refractivity contribution in [1.82, 2.24) is 4.90 Å². The monoisotopic (exact) mass is 295 g/mol. The fourth-order valence-electron chi connectivity index (χ4n) is 2.02. The molecule has 1 aliphatic heterocycles. The Bertz CT molecular complexity index is 484. The van der Waals surface area contributed by atoms with Crippen LogP contribution in [-0.2, 0) is 16.1 Å². The Morgan fingerprint density at radius 1 is 1.41 bits per heavy atom. The number of imide groups is 1. The maximum absolute atomic E-state index is 11.8. The van der Waals surface area contributed by atoms with Gasteiger partial charge in [-0.1, -0.05) is 28.9 Å². The molecule has 3 nitrogen and oxygen atoms in total. The maximum Gasteiger partial charge on any atom is 0.232 e. The topological polar surface area (TPSA) is 37.4 Å². The number of hydrogen-bond donors (Lipinski definition) is 0. The lowest BCUT2D eigenvalue weighted by atomic mass is 10.1. The van der Waals surface area contributed by atoms with E-state index < -0.39 is 0 Å². The van der Waals surface area contributed by atoms with E-state index in [1.807, 2.05) is 25.1 Å². The van der Waals surface area contributed by atoms with Gasteiger partial charge >= 0.3 is 0 Å². The van der Waals surface area contributed by atoms with Crippen LogP contribution >= 0.6 is 15.9 Å². The zero-order chi connectivity index (χ0) is 12.6. The number of hydrogen-bond acceptors (Lipinski definition) is 2. The summed E-state index contributed by atoms with van der Waals surface area (Å²) in [4.78, 5) is 24.8. The molecule has 0 spiro atoms. The lowest BCUT2D eigenvalue weighted by Gasteiger charge is -2.16. The first-order chi connectivity index (χ1) is 7.99. The van der Waals surface area contributed by atoms with Crippen LogP contribution in [0.4, 0.5) is 0 Å². The van der Waals surface area contributed by atoms with Crippen molar-refractivity contribution in [3.05, 3.63) is 33.8 Å². The van der Waals surface area contributed by atoms with E-state index in [2.05, 4.69) is 15.9 Å². The average molecular weight is 296 g/mol. The van der Waals surface area contributed by atoms with E-state index in [9.17, 15) is 9.59 Å². The summed E-state index contributed by atoms with van der Waals surface area (Å²) in [6, 6.07) is 5.86. The number of rotatable bonds is 2. The summed E-state index contributed by atoms with van der Waals surface area (Å²) in [6.07, 6.45) is 0.342. The van der Waals surface area contributed by atoms with Gasteiger partial charge in [-0.15, -0.1) is 0 Å². The van der Waals surface area contributed by atoms with Crippen LogP contribution in [0.2, 0.25) is 0 Å². The highest BCUT2D eigenvalue weighted by molar-refractivity contribution is 9.10. The highest BCUT2D eigenvalue weighted by atomic mass is 79.9. The van der Waals surface area contributed by atoms with Gasteiger partial charge in [-0.3, -0.25) is 14.5 Å². The Morgan fingerprint density at radius 3 is 2.65 bits per heavy atom. The fraction of sp³-hybridized carbons (Fsp3) is 0.385. The molecule has 2 amide bonds. The molecule has 0 saturated carbocycles. The molecular formula is C13H14BrNO2. The molecule has 0 radical (unpaired) electrons. The summed E-state index contributed by atoms with van der Waals surface area (Å²) in [5.41, 5.74) is 2.10. The van der Waals surface area contributed by atoms with E-state index in [-0.39, 0.29) is 17.7 Å². The van der Waals surface area contributed by atoms with Gasteiger partial charge in [0.1, 0.15) is 0 Å². The minimum absolute atomic E-state index is 0.0580. The molecular weight excluding hydrogens is 282 g/mol. The number of benzene rings is 1. The molecule has 1 aromatic rings. The molecule has 4 heteroatoms. The quantitative estimate of drug-likeness (QED) is 0.787. The molecule has 1 saturated heterocycles. The number of amides is 2. The lowest BCUT2D eigenvalue weighted by molar-refractivity contribution is -0.139. The van der Waals surface area contributed by atoms with E-state index in [1.165, 1.54) is 4.90 Å². The minimum atomic E-state index is -0.168. The average Bonchev–Trinajstić information content (AvgIpc) is 2.48. The van der Waals surface area contributed by atoms with Crippen molar-refractivity contribution in [2.45, 2.75) is 26.8 Å². The SMILES string of the molecule is Cc1cc(Br)ccc1CN1C(=O)CC(C)C1=O. The zero-order valence-corrected chi connectivity index (χ0v) is 11.5. The first-order valence-electron chi connectivity index (χ1n) is 5.58. The largest absolute Gasteiger partial charge is 0.278 e. The molecule has 0 bridgehead atoms. The zero-order valence-electron chi connectivity index (χ0n) is 9.87. The fourth-order valence-corrected chi connectivity index (χ4v) is 2.50. The Hall–Kier alpha value is -1.16. The normalized spacial score (nSPS) is 20.2. The summed E-state index contributed by atoms with van der Waals surface area (Å²) in [7, 11) is 0. The second-order valence-electron chi connectivity index (χ2n) is 4.49. The number of halogens is 1. The number of likely N-dealkylation sites (tertiary alicyclic amines) is 1. The van der Waals surface area contributed by atoms with Crippen LogP contribution in [0.15, 0.2) is 22.7 Å². The molecule has 1 heterocycles. The van der Waals surface area contributed by atoms with Crippen LogP contribution in [0.25, 0.3) is 0 Å². The minimum Gasteiger partial charge on any atom is -0.278 e. The predicted octanol–water partition coefficient (Wildman–Crippen LogP) is 2.65. The molecule has 1 unspecified atom stereocenters. The molecule has 0 aromatic heterocycles. The van der Waals surface area contributed by atoms with E-state index in [1.54, 1.807) is 6.92 Å². The standard InChI is InChI=1S/C13H14BrNO2/c1-8-5-11(14)4-3-10(8)7-15-12(16)6-9(2)13(15)17/h3-5,9H,6-7H2,1-2H3. The van der Waals surface area contributed by atoms with Crippen LogP contribution in [0.3, 0.4) is 0 Å². The molecule has 17 heavy (non-hydrogen) atoms. The summed E-state index contributed by atoms with van der Waals surface area (Å²) < 4.78 is 1.01. The summed E-state index contributed by atoms with van der Waals surface area (Å²) in [5.74, 6) is -0.291. The van der Waals surface area contributed by atoms with E-state index >= 15 is 0 Å². The van der Waals surface area contributed by atoms with Crippen LogP contribution in [0.5, 0.6) is 0 Å². The Labute approximate surface area is 109 Å². The number of carbonyl (C=O) groups is 2.